The van der Waals surface area contributed by atoms with Crippen LogP contribution < -0.4 is 9.47 Å². The van der Waals surface area contributed by atoms with Crippen LogP contribution in [0.2, 0.25) is 0 Å². The number of rotatable bonds is 3. The monoisotopic (exact) mass is 341 g/mol. The Hall–Kier alpha value is -2.39. The molecule has 1 aromatic rings. The second-order valence-corrected chi connectivity index (χ2v) is 4.72. The number of carbonyl (C=O) groups excluding carboxylic acids is 1. The molecule has 1 aliphatic heterocycles. The van der Waals surface area contributed by atoms with E-state index in [1.54, 1.807) is 6.92 Å². The molecule has 9 nitrogen and oxygen atoms in total. The van der Waals surface area contributed by atoms with E-state index in [2.05, 4.69) is 0 Å². The van der Waals surface area contributed by atoms with Gasteiger partial charge in [0.25, 0.3) is 5.69 Å². The van der Waals surface area contributed by atoms with Gasteiger partial charge in [-0.15, -0.1) is 0 Å². The van der Waals surface area contributed by atoms with Crippen LogP contribution in [0.4, 0.5) is 5.69 Å². The minimum atomic E-state index is -0.790. The zero-order valence-electron chi connectivity index (χ0n) is 13.3. The van der Waals surface area contributed by atoms with Gasteiger partial charge in [-0.25, -0.2) is 4.79 Å². The minimum absolute atomic E-state index is 0.107. The molecule has 0 N–H and O–H groups in total. The van der Waals surface area contributed by atoms with Crippen LogP contribution in [-0.2, 0) is 14.2 Å². The lowest BCUT2D eigenvalue weighted by Gasteiger charge is -2.16. The van der Waals surface area contributed by atoms with E-state index in [1.807, 2.05) is 0 Å². The Morgan fingerprint density at radius 2 is 1.62 bits per heavy atom. The van der Waals surface area contributed by atoms with Gasteiger partial charge in [-0.2, -0.15) is 0 Å². The van der Waals surface area contributed by atoms with Crippen LogP contribution in [0, 0.1) is 10.1 Å². The van der Waals surface area contributed by atoms with Crippen LogP contribution in [-0.4, -0.2) is 57.1 Å². The van der Waals surface area contributed by atoms with Crippen molar-refractivity contribution < 1.29 is 33.4 Å². The molecule has 0 unspecified atom stereocenters. The Labute approximate surface area is 138 Å². The molecule has 0 fully saturated rings. The molecule has 0 saturated carbocycles. The van der Waals surface area contributed by atoms with Gasteiger partial charge < -0.3 is 23.7 Å². The van der Waals surface area contributed by atoms with E-state index in [0.29, 0.717) is 26.4 Å². The maximum Gasteiger partial charge on any atom is 0.345 e. The van der Waals surface area contributed by atoms with Crippen molar-refractivity contribution in [1.82, 2.24) is 0 Å². The van der Waals surface area contributed by atoms with Crippen molar-refractivity contribution in [1.29, 1.82) is 0 Å². The first kappa shape index (κ1) is 18.0. The minimum Gasteiger partial charge on any atom is -0.487 e. The Balaban J connectivity index is 2.35. The standard InChI is InChI=1S/C15H19NO8/c1-2-22-15(17)11-9-13-14(10-12(11)16(18)19)24-8-6-21-4-3-20-5-7-23-13/h9-10H,2-8H2,1H3. The fourth-order valence-electron chi connectivity index (χ4n) is 2.04. The number of benzene rings is 1. The highest BCUT2D eigenvalue weighted by Gasteiger charge is 2.26. The highest BCUT2D eigenvalue weighted by Crippen LogP contribution is 2.35. The highest BCUT2D eigenvalue weighted by molar-refractivity contribution is 5.95. The topological polar surface area (TPSA) is 106 Å². The summed E-state index contributed by atoms with van der Waals surface area (Å²) in [4.78, 5) is 22.6. The summed E-state index contributed by atoms with van der Waals surface area (Å²) in [6.07, 6.45) is 0. The van der Waals surface area contributed by atoms with E-state index in [9.17, 15) is 14.9 Å². The molecular weight excluding hydrogens is 322 g/mol. The number of fused-ring (bicyclic) bond motifs is 1. The second-order valence-electron chi connectivity index (χ2n) is 4.72. The average Bonchev–Trinajstić information content (AvgIpc) is 2.55. The molecule has 0 radical (unpaired) electrons. The van der Waals surface area contributed by atoms with Gasteiger partial charge in [0.1, 0.15) is 18.8 Å². The lowest BCUT2D eigenvalue weighted by molar-refractivity contribution is -0.385. The predicted molar refractivity (Wildman–Crippen MR) is 81.7 cm³/mol. The fraction of sp³-hybridized carbons (Fsp3) is 0.533. The van der Waals surface area contributed by atoms with Gasteiger partial charge in [0.15, 0.2) is 11.5 Å². The number of carbonyl (C=O) groups is 1. The predicted octanol–water partition coefficient (Wildman–Crippen LogP) is 1.58. The number of ether oxygens (including phenoxy) is 5. The van der Waals surface area contributed by atoms with E-state index in [1.165, 1.54) is 6.07 Å². The number of hydrogen-bond donors (Lipinski definition) is 0. The lowest BCUT2D eigenvalue weighted by atomic mass is 10.1. The first-order chi connectivity index (χ1) is 11.6. The van der Waals surface area contributed by atoms with Crippen LogP contribution in [0.1, 0.15) is 17.3 Å². The molecule has 1 heterocycles. The van der Waals surface area contributed by atoms with Gasteiger partial charge in [-0.1, -0.05) is 0 Å². The van der Waals surface area contributed by atoms with E-state index in [-0.39, 0.29) is 36.9 Å². The first-order valence-electron chi connectivity index (χ1n) is 7.54. The third-order valence-corrected chi connectivity index (χ3v) is 3.10. The van der Waals surface area contributed by atoms with Crippen LogP contribution in [0.3, 0.4) is 0 Å². The number of nitro groups is 1. The number of nitro benzene ring substituents is 1. The molecule has 0 spiro atoms. The van der Waals surface area contributed by atoms with Crippen LogP contribution in [0.15, 0.2) is 12.1 Å². The molecule has 1 aromatic carbocycles. The maximum absolute atomic E-state index is 12.0. The smallest absolute Gasteiger partial charge is 0.345 e. The normalized spacial score (nSPS) is 15.7. The Bertz CT molecular complexity index is 589. The molecule has 0 atom stereocenters. The summed E-state index contributed by atoms with van der Waals surface area (Å²) in [5, 5.41) is 11.3. The summed E-state index contributed by atoms with van der Waals surface area (Å²) in [7, 11) is 0. The molecule has 0 bridgehead atoms. The summed E-state index contributed by atoms with van der Waals surface area (Å²) >= 11 is 0. The Morgan fingerprint density at radius 3 is 2.17 bits per heavy atom. The molecule has 0 amide bonds. The first-order valence-corrected chi connectivity index (χ1v) is 7.54. The third-order valence-electron chi connectivity index (χ3n) is 3.10. The van der Waals surface area contributed by atoms with Crippen molar-refractivity contribution in [2.24, 2.45) is 0 Å². The molecule has 24 heavy (non-hydrogen) atoms. The van der Waals surface area contributed by atoms with Crippen LogP contribution in [0.25, 0.3) is 0 Å². The average molecular weight is 341 g/mol. The molecule has 1 aliphatic rings. The van der Waals surface area contributed by atoms with Crippen molar-refractivity contribution in [3.05, 3.63) is 27.8 Å². The number of esters is 1. The Morgan fingerprint density at radius 1 is 1.08 bits per heavy atom. The van der Waals surface area contributed by atoms with Crippen molar-refractivity contribution in [2.45, 2.75) is 6.92 Å². The molecule has 9 heteroatoms. The quantitative estimate of drug-likeness (QED) is 0.463. The van der Waals surface area contributed by atoms with Crippen molar-refractivity contribution >= 4 is 11.7 Å². The number of nitrogens with zero attached hydrogens (tertiary/aromatic N) is 1. The molecule has 0 aromatic heterocycles. The van der Waals surface area contributed by atoms with E-state index in [0.717, 1.165) is 6.07 Å². The largest absolute Gasteiger partial charge is 0.487 e. The molecule has 2 rings (SSSR count). The van der Waals surface area contributed by atoms with E-state index >= 15 is 0 Å². The fourth-order valence-corrected chi connectivity index (χ4v) is 2.04. The summed E-state index contributed by atoms with van der Waals surface area (Å²) in [6, 6.07) is 2.42. The second kappa shape index (κ2) is 9.04. The van der Waals surface area contributed by atoms with Crippen LogP contribution >= 0.6 is 0 Å². The van der Waals surface area contributed by atoms with Gasteiger partial charge in [0.2, 0.25) is 0 Å². The van der Waals surface area contributed by atoms with Crippen molar-refractivity contribution in [3.63, 3.8) is 0 Å². The van der Waals surface area contributed by atoms with Crippen LogP contribution in [0.5, 0.6) is 11.5 Å². The SMILES string of the molecule is CCOC(=O)c1cc2c(cc1[N+](=O)[O-])OCCOCCOCCO2. The zero-order valence-corrected chi connectivity index (χ0v) is 13.3. The van der Waals surface area contributed by atoms with E-state index < -0.39 is 16.6 Å². The third kappa shape index (κ3) is 4.80. The van der Waals surface area contributed by atoms with Gasteiger partial charge in [0.05, 0.1) is 44.0 Å². The van der Waals surface area contributed by atoms with E-state index in [4.69, 9.17) is 23.7 Å². The summed E-state index contributed by atoms with van der Waals surface area (Å²) < 4.78 is 26.5. The highest BCUT2D eigenvalue weighted by atomic mass is 16.6. The lowest BCUT2D eigenvalue weighted by Crippen LogP contribution is -2.16. The molecule has 132 valence electrons. The zero-order chi connectivity index (χ0) is 17.4. The number of hydrogen-bond acceptors (Lipinski definition) is 8. The summed E-state index contributed by atoms with van der Waals surface area (Å²) in [5.41, 5.74) is -0.589. The van der Waals surface area contributed by atoms with Gasteiger partial charge in [0, 0.05) is 6.07 Å². The summed E-state index contributed by atoms with van der Waals surface area (Å²) in [6.45, 7) is 3.60. The van der Waals surface area contributed by atoms with Crippen molar-refractivity contribution in [2.75, 3.05) is 46.2 Å². The molecule has 0 saturated heterocycles. The van der Waals surface area contributed by atoms with Gasteiger partial charge >= 0.3 is 5.97 Å². The van der Waals surface area contributed by atoms with Gasteiger partial charge in [-0.05, 0) is 6.92 Å². The summed E-state index contributed by atoms with van der Waals surface area (Å²) in [5.74, 6) is -0.409. The maximum atomic E-state index is 12.0. The van der Waals surface area contributed by atoms with Crippen molar-refractivity contribution in [3.8, 4) is 11.5 Å². The Kier molecular flexibility index (Phi) is 6.76. The van der Waals surface area contributed by atoms with Gasteiger partial charge in [-0.3, -0.25) is 10.1 Å². The molecule has 0 aliphatic carbocycles. The molecular formula is C15H19NO8.